The van der Waals surface area contributed by atoms with Crippen LogP contribution in [0.5, 0.6) is 0 Å². The summed E-state index contributed by atoms with van der Waals surface area (Å²) in [4.78, 5) is 30.8. The molecule has 2 aromatic heterocycles. The van der Waals surface area contributed by atoms with Gasteiger partial charge in [0, 0.05) is 43.5 Å². The van der Waals surface area contributed by atoms with Crippen molar-refractivity contribution in [2.75, 3.05) is 31.1 Å². The van der Waals surface area contributed by atoms with Gasteiger partial charge in [0.1, 0.15) is 23.8 Å². The van der Waals surface area contributed by atoms with E-state index in [1.54, 1.807) is 6.33 Å². The van der Waals surface area contributed by atoms with Crippen LogP contribution < -0.4 is 4.90 Å². The van der Waals surface area contributed by atoms with Crippen molar-refractivity contribution < 1.29 is 4.79 Å². The number of aryl methyl sites for hydroxylation is 4. The summed E-state index contributed by atoms with van der Waals surface area (Å²) in [6.45, 7) is 12.8. The average molecular weight is 405 g/mol. The molecule has 7 nitrogen and oxygen atoms in total. The number of benzene rings is 1. The summed E-state index contributed by atoms with van der Waals surface area (Å²) in [5.74, 6) is 2.55. The monoisotopic (exact) mass is 404 g/mol. The molecule has 0 N–H and O–H groups in total. The Labute approximate surface area is 177 Å². The minimum atomic E-state index is 0.111. The molecule has 1 aliphatic rings. The van der Waals surface area contributed by atoms with Crippen molar-refractivity contribution in [3.05, 3.63) is 64.5 Å². The zero-order chi connectivity index (χ0) is 21.4. The van der Waals surface area contributed by atoms with E-state index >= 15 is 0 Å². The van der Waals surface area contributed by atoms with Crippen molar-refractivity contribution in [1.29, 1.82) is 0 Å². The number of nitrogens with zero attached hydrogens (tertiary/aromatic N) is 6. The van der Waals surface area contributed by atoms with Gasteiger partial charge in [-0.2, -0.15) is 0 Å². The van der Waals surface area contributed by atoms with E-state index < -0.39 is 0 Å². The number of imidazole rings is 1. The van der Waals surface area contributed by atoms with Crippen molar-refractivity contribution in [3.8, 4) is 5.82 Å². The Morgan fingerprint density at radius 3 is 2.27 bits per heavy atom. The second-order valence-corrected chi connectivity index (χ2v) is 8.01. The Kier molecular flexibility index (Phi) is 5.28. The van der Waals surface area contributed by atoms with Gasteiger partial charge in [0.05, 0.1) is 5.69 Å². The first-order valence-electron chi connectivity index (χ1n) is 10.3. The molecule has 0 saturated carbocycles. The number of amides is 1. The molecule has 1 saturated heterocycles. The van der Waals surface area contributed by atoms with E-state index in [1.165, 1.54) is 0 Å². The van der Waals surface area contributed by atoms with Gasteiger partial charge in [-0.15, -0.1) is 0 Å². The molecule has 3 heterocycles. The standard InChI is InChI=1S/C23H28N6O/c1-15-6-7-16(2)20(12-15)23(30)28-10-8-27(9-11-28)21-13-22(26-19(5)25-21)29-14-24-17(3)18(29)4/h6-7,12-14H,8-11H2,1-5H3. The van der Waals surface area contributed by atoms with Crippen LogP contribution in [0.15, 0.2) is 30.6 Å². The van der Waals surface area contributed by atoms with Crippen molar-refractivity contribution in [2.24, 2.45) is 0 Å². The second-order valence-electron chi connectivity index (χ2n) is 8.01. The van der Waals surface area contributed by atoms with Gasteiger partial charge in [0.15, 0.2) is 0 Å². The first-order chi connectivity index (χ1) is 14.3. The molecular formula is C23H28N6O. The van der Waals surface area contributed by atoms with Crippen LogP contribution >= 0.6 is 0 Å². The maximum atomic E-state index is 13.0. The first-order valence-corrected chi connectivity index (χ1v) is 10.3. The molecule has 4 rings (SSSR count). The van der Waals surface area contributed by atoms with Gasteiger partial charge in [-0.05, 0) is 46.2 Å². The van der Waals surface area contributed by atoms with Gasteiger partial charge in [0.25, 0.3) is 5.91 Å². The second kappa shape index (κ2) is 7.89. The Morgan fingerprint density at radius 1 is 0.900 bits per heavy atom. The predicted octanol–water partition coefficient (Wildman–Crippen LogP) is 3.17. The van der Waals surface area contributed by atoms with Crippen molar-refractivity contribution in [2.45, 2.75) is 34.6 Å². The number of anilines is 1. The van der Waals surface area contributed by atoms with Crippen LogP contribution in [-0.4, -0.2) is 56.5 Å². The highest BCUT2D eigenvalue weighted by Gasteiger charge is 2.24. The third-order valence-corrected chi connectivity index (χ3v) is 5.82. The minimum absolute atomic E-state index is 0.111. The van der Waals surface area contributed by atoms with Crippen LogP contribution in [0.2, 0.25) is 0 Å². The summed E-state index contributed by atoms with van der Waals surface area (Å²) >= 11 is 0. The summed E-state index contributed by atoms with van der Waals surface area (Å²) in [5, 5.41) is 0. The van der Waals surface area contributed by atoms with Gasteiger partial charge in [-0.1, -0.05) is 17.7 Å². The summed E-state index contributed by atoms with van der Waals surface area (Å²) < 4.78 is 1.99. The number of piperazine rings is 1. The van der Waals surface area contributed by atoms with E-state index in [0.29, 0.717) is 13.1 Å². The molecule has 156 valence electrons. The molecule has 0 radical (unpaired) electrons. The normalized spacial score (nSPS) is 14.3. The molecule has 1 amide bonds. The summed E-state index contributed by atoms with van der Waals surface area (Å²) in [7, 11) is 0. The van der Waals surface area contributed by atoms with E-state index in [-0.39, 0.29) is 5.91 Å². The molecule has 0 bridgehead atoms. The average Bonchev–Trinajstić information content (AvgIpc) is 3.07. The van der Waals surface area contributed by atoms with Crippen molar-refractivity contribution in [3.63, 3.8) is 0 Å². The summed E-state index contributed by atoms with van der Waals surface area (Å²) in [6, 6.07) is 8.05. The van der Waals surface area contributed by atoms with Crippen LogP contribution in [0, 0.1) is 34.6 Å². The molecule has 1 aliphatic heterocycles. The van der Waals surface area contributed by atoms with Gasteiger partial charge >= 0.3 is 0 Å². The number of hydrogen-bond donors (Lipinski definition) is 0. The molecule has 3 aromatic rings. The lowest BCUT2D eigenvalue weighted by Gasteiger charge is -2.36. The number of hydrogen-bond acceptors (Lipinski definition) is 5. The summed E-state index contributed by atoms with van der Waals surface area (Å²) in [6.07, 6.45) is 1.80. The molecular weight excluding hydrogens is 376 g/mol. The minimum Gasteiger partial charge on any atom is -0.353 e. The Balaban J connectivity index is 1.51. The largest absolute Gasteiger partial charge is 0.353 e. The van der Waals surface area contributed by atoms with Crippen molar-refractivity contribution >= 4 is 11.7 Å². The van der Waals surface area contributed by atoms with Gasteiger partial charge < -0.3 is 9.80 Å². The lowest BCUT2D eigenvalue weighted by atomic mass is 10.0. The zero-order valence-electron chi connectivity index (χ0n) is 18.3. The lowest BCUT2D eigenvalue weighted by molar-refractivity contribution is 0.0745. The fourth-order valence-electron chi connectivity index (χ4n) is 3.83. The molecule has 30 heavy (non-hydrogen) atoms. The fourth-order valence-corrected chi connectivity index (χ4v) is 3.83. The highest BCUT2D eigenvalue weighted by Crippen LogP contribution is 2.21. The van der Waals surface area contributed by atoms with Gasteiger partial charge in [0.2, 0.25) is 0 Å². The lowest BCUT2D eigenvalue weighted by Crippen LogP contribution is -2.49. The van der Waals surface area contributed by atoms with Crippen LogP contribution in [0.4, 0.5) is 5.82 Å². The van der Waals surface area contributed by atoms with E-state index in [9.17, 15) is 4.79 Å². The number of carbonyl (C=O) groups is 1. The third kappa shape index (κ3) is 3.79. The molecule has 0 aliphatic carbocycles. The molecule has 0 atom stereocenters. The first kappa shape index (κ1) is 20.1. The van der Waals surface area contributed by atoms with Crippen LogP contribution in [0.3, 0.4) is 0 Å². The number of rotatable bonds is 3. The van der Waals surface area contributed by atoms with E-state index in [4.69, 9.17) is 0 Å². The van der Waals surface area contributed by atoms with Crippen molar-refractivity contribution in [1.82, 2.24) is 24.4 Å². The smallest absolute Gasteiger partial charge is 0.254 e. The van der Waals surface area contributed by atoms with Gasteiger partial charge in [-0.3, -0.25) is 9.36 Å². The summed E-state index contributed by atoms with van der Waals surface area (Å²) in [5.41, 5.74) is 5.00. The van der Waals surface area contributed by atoms with E-state index in [0.717, 1.165) is 58.6 Å². The Bertz CT molecular complexity index is 1100. The SMILES string of the molecule is Cc1ccc(C)c(C(=O)N2CCN(c3cc(-n4cnc(C)c4C)nc(C)n3)CC2)c1. The molecule has 1 fully saturated rings. The third-order valence-electron chi connectivity index (χ3n) is 5.82. The Morgan fingerprint density at radius 2 is 1.60 bits per heavy atom. The quantitative estimate of drug-likeness (QED) is 0.671. The zero-order valence-corrected chi connectivity index (χ0v) is 18.3. The Hall–Kier alpha value is -3.22. The molecule has 0 unspecified atom stereocenters. The van der Waals surface area contributed by atoms with Crippen LogP contribution in [0.25, 0.3) is 5.82 Å². The van der Waals surface area contributed by atoms with Crippen LogP contribution in [0.1, 0.15) is 38.7 Å². The van der Waals surface area contributed by atoms with E-state index in [1.807, 2.05) is 68.4 Å². The van der Waals surface area contributed by atoms with Gasteiger partial charge in [-0.25, -0.2) is 15.0 Å². The van der Waals surface area contributed by atoms with Crippen LogP contribution in [-0.2, 0) is 0 Å². The highest BCUT2D eigenvalue weighted by atomic mass is 16.2. The highest BCUT2D eigenvalue weighted by molar-refractivity contribution is 5.96. The fraction of sp³-hybridized carbons (Fsp3) is 0.391. The molecule has 1 aromatic carbocycles. The number of aromatic nitrogens is 4. The maximum absolute atomic E-state index is 13.0. The molecule has 0 spiro atoms. The number of carbonyl (C=O) groups excluding carboxylic acids is 1. The van der Waals surface area contributed by atoms with E-state index in [2.05, 4.69) is 19.9 Å². The topological polar surface area (TPSA) is 67.2 Å². The molecule has 7 heteroatoms. The predicted molar refractivity (Wildman–Crippen MR) is 117 cm³/mol. The maximum Gasteiger partial charge on any atom is 0.254 e.